The smallest absolute Gasteiger partial charge is 0.466 e. The molecule has 0 unspecified atom stereocenters. The van der Waals surface area contributed by atoms with Crippen molar-refractivity contribution in [1.82, 2.24) is 0 Å². The van der Waals surface area contributed by atoms with Crippen LogP contribution in [0.4, 0.5) is 0 Å². The first-order valence-electron chi connectivity index (χ1n) is 7.58. The molecule has 0 aliphatic carbocycles. The zero-order chi connectivity index (χ0) is 20.2. The van der Waals surface area contributed by atoms with Crippen LogP contribution >= 0.6 is 11.8 Å². The predicted molar refractivity (Wildman–Crippen MR) is 93.2 cm³/mol. The fraction of sp³-hybridized carbons (Fsp3) is 0.500. The highest BCUT2D eigenvalue weighted by Gasteiger charge is 2.44. The van der Waals surface area contributed by atoms with Crippen molar-refractivity contribution >= 4 is 27.2 Å². The van der Waals surface area contributed by atoms with E-state index in [2.05, 4.69) is 9.44 Å². The molecule has 27 heavy (non-hydrogen) atoms. The van der Waals surface area contributed by atoms with Gasteiger partial charge in [-0.05, 0) is 17.7 Å². The zero-order valence-corrected chi connectivity index (χ0v) is 15.3. The molecule has 0 bridgehead atoms. The number of phenolic OH excluding ortho intramolecular Hbond substituents is 1. The van der Waals surface area contributed by atoms with Gasteiger partial charge in [-0.2, -0.15) is 8.42 Å². The first-order chi connectivity index (χ1) is 12.6. The molecule has 1 heterocycles. The normalized spacial score (nSPS) is 29.5. The maximum Gasteiger partial charge on any atom is 0.466 e. The minimum Gasteiger partial charge on any atom is -0.508 e. The highest BCUT2D eigenvalue weighted by Crippen LogP contribution is 2.30. The molecular formula is C14H19NO10S2. The molecule has 1 aromatic carbocycles. The molecule has 11 nitrogen and oxygen atoms in total. The van der Waals surface area contributed by atoms with Crippen LogP contribution in [0.3, 0.4) is 0 Å². The molecule has 1 aliphatic rings. The van der Waals surface area contributed by atoms with Gasteiger partial charge in [0, 0.05) is 6.42 Å². The molecule has 0 saturated carbocycles. The summed E-state index contributed by atoms with van der Waals surface area (Å²) in [6.45, 7) is -0.631. The molecule has 13 heteroatoms. The lowest BCUT2D eigenvalue weighted by Crippen LogP contribution is -2.57. The number of aromatic hydroxyl groups is 1. The molecule has 152 valence electrons. The van der Waals surface area contributed by atoms with E-state index in [4.69, 9.17) is 9.29 Å². The molecule has 1 fully saturated rings. The van der Waals surface area contributed by atoms with Crippen LogP contribution in [0.25, 0.3) is 0 Å². The van der Waals surface area contributed by atoms with E-state index in [0.717, 1.165) is 0 Å². The fourth-order valence-corrected chi connectivity index (χ4v) is 3.60. The number of ether oxygens (including phenoxy) is 1. The lowest BCUT2D eigenvalue weighted by molar-refractivity contribution is -0.205. The Bertz CT molecular complexity index is 752. The van der Waals surface area contributed by atoms with Crippen LogP contribution in [-0.2, 0) is 25.8 Å². The fourth-order valence-electron chi connectivity index (χ4n) is 2.27. The summed E-state index contributed by atoms with van der Waals surface area (Å²) in [4.78, 5) is 0. The number of aliphatic hydroxyl groups is 4. The van der Waals surface area contributed by atoms with Crippen LogP contribution in [0.1, 0.15) is 5.56 Å². The summed E-state index contributed by atoms with van der Waals surface area (Å²) in [6.07, 6.45) is -5.93. The monoisotopic (exact) mass is 425 g/mol. The van der Waals surface area contributed by atoms with Crippen molar-refractivity contribution in [1.29, 1.82) is 0 Å². The second-order valence-corrected chi connectivity index (χ2v) is 7.82. The number of nitrogens with zero attached hydrogens (tertiary/aromatic N) is 1. The lowest BCUT2D eigenvalue weighted by Gasteiger charge is -2.39. The van der Waals surface area contributed by atoms with Gasteiger partial charge in [0.2, 0.25) is 0 Å². The van der Waals surface area contributed by atoms with E-state index in [1.165, 1.54) is 24.3 Å². The van der Waals surface area contributed by atoms with Gasteiger partial charge in [-0.15, -0.1) is 0 Å². The van der Waals surface area contributed by atoms with E-state index in [0.29, 0.717) is 17.3 Å². The van der Waals surface area contributed by atoms with Crippen LogP contribution in [0.2, 0.25) is 0 Å². The zero-order valence-electron chi connectivity index (χ0n) is 13.7. The van der Waals surface area contributed by atoms with Crippen LogP contribution < -0.4 is 0 Å². The third-order valence-electron chi connectivity index (χ3n) is 3.63. The topological polar surface area (TPSA) is 186 Å². The van der Waals surface area contributed by atoms with E-state index < -0.39 is 46.9 Å². The molecule has 1 aromatic rings. The number of phenols is 1. The van der Waals surface area contributed by atoms with Gasteiger partial charge in [-0.3, -0.25) is 4.55 Å². The Hall–Kier alpha value is -1.45. The molecule has 0 spiro atoms. The first-order valence-corrected chi connectivity index (χ1v) is 9.83. The number of aliphatic hydroxyl groups excluding tert-OH is 4. The summed E-state index contributed by atoms with van der Waals surface area (Å²) < 4.78 is 39.6. The average molecular weight is 425 g/mol. The van der Waals surface area contributed by atoms with E-state index >= 15 is 0 Å². The van der Waals surface area contributed by atoms with Crippen LogP contribution in [0.15, 0.2) is 29.4 Å². The molecule has 0 aromatic heterocycles. The van der Waals surface area contributed by atoms with Crippen molar-refractivity contribution < 1.29 is 47.5 Å². The molecule has 1 aliphatic heterocycles. The Morgan fingerprint density at radius 3 is 2.33 bits per heavy atom. The highest BCUT2D eigenvalue weighted by molar-refractivity contribution is 8.14. The van der Waals surface area contributed by atoms with Crippen molar-refractivity contribution in [2.75, 3.05) is 6.61 Å². The quantitative estimate of drug-likeness (QED) is 0.136. The number of rotatable bonds is 6. The molecule has 5 atom stereocenters. The van der Waals surface area contributed by atoms with Crippen LogP contribution in [0, 0.1) is 0 Å². The molecular weight excluding hydrogens is 406 g/mol. The summed E-state index contributed by atoms with van der Waals surface area (Å²) in [5.74, 6) is 0.00742. The van der Waals surface area contributed by atoms with Gasteiger partial charge in [-0.1, -0.05) is 29.1 Å². The molecule has 2 rings (SSSR count). The van der Waals surface area contributed by atoms with Gasteiger partial charge in [0.25, 0.3) is 0 Å². The van der Waals surface area contributed by atoms with Crippen LogP contribution in [-0.4, -0.2) is 80.0 Å². The van der Waals surface area contributed by atoms with Gasteiger partial charge in [0.15, 0.2) is 0 Å². The Morgan fingerprint density at radius 1 is 1.15 bits per heavy atom. The summed E-state index contributed by atoms with van der Waals surface area (Å²) in [7, 11) is -4.88. The number of oxime groups is 1. The number of hydrogen-bond acceptors (Lipinski definition) is 11. The Kier molecular flexibility index (Phi) is 7.41. The number of hydrogen-bond donors (Lipinski definition) is 6. The molecule has 0 amide bonds. The lowest BCUT2D eigenvalue weighted by atomic mass is 10.0. The minimum atomic E-state index is -4.88. The van der Waals surface area contributed by atoms with Crippen LogP contribution in [0.5, 0.6) is 5.75 Å². The van der Waals surface area contributed by atoms with E-state index in [-0.39, 0.29) is 17.2 Å². The van der Waals surface area contributed by atoms with Crippen molar-refractivity contribution in [2.45, 2.75) is 36.3 Å². The Balaban J connectivity index is 2.20. The summed E-state index contributed by atoms with van der Waals surface area (Å²) in [5.41, 5.74) is -0.649. The molecule has 6 N–H and O–H groups in total. The Labute approximate surface area is 158 Å². The molecule has 1 saturated heterocycles. The largest absolute Gasteiger partial charge is 0.508 e. The third-order valence-corrected chi connectivity index (χ3v) is 5.00. The Morgan fingerprint density at radius 2 is 1.78 bits per heavy atom. The minimum absolute atomic E-state index is 0.00742. The SMILES string of the molecule is O=S(=O)(O)ON=C(Cc1ccc(O)cc1)S[C@@H]1O[C@H](CO)[C@@H](O)[C@H](O)[C@H]1O. The molecule has 0 radical (unpaired) electrons. The van der Waals surface area contributed by atoms with E-state index in [1.54, 1.807) is 0 Å². The number of thioether (sulfide) groups is 1. The third kappa shape index (κ3) is 6.29. The maximum atomic E-state index is 10.8. The van der Waals surface area contributed by atoms with Gasteiger partial charge in [0.1, 0.15) is 40.6 Å². The van der Waals surface area contributed by atoms with Crippen molar-refractivity contribution in [3.8, 4) is 5.75 Å². The maximum absolute atomic E-state index is 10.8. The highest BCUT2D eigenvalue weighted by atomic mass is 32.3. The van der Waals surface area contributed by atoms with E-state index in [1.807, 2.05) is 0 Å². The standard InChI is InChI=1S/C14H19NO10S2/c16-6-9-11(18)12(19)13(20)14(24-9)26-10(15-25-27(21,22)23)5-7-1-3-8(17)4-2-7/h1-4,9,11-14,16-20H,5-6H2,(H,21,22,23)/t9-,11-,12+,13-,14+/m1/s1. The van der Waals surface area contributed by atoms with Crippen molar-refractivity contribution in [3.05, 3.63) is 29.8 Å². The summed E-state index contributed by atoms with van der Waals surface area (Å²) in [6, 6.07) is 5.81. The first kappa shape index (κ1) is 21.8. The number of benzene rings is 1. The predicted octanol–water partition coefficient (Wildman–Crippen LogP) is -1.40. The average Bonchev–Trinajstić information content (AvgIpc) is 2.61. The second kappa shape index (κ2) is 9.16. The summed E-state index contributed by atoms with van der Waals surface area (Å²) >= 11 is 0.671. The second-order valence-electron chi connectivity index (χ2n) is 5.65. The summed E-state index contributed by atoms with van der Waals surface area (Å²) in [5, 5.41) is 51.4. The van der Waals surface area contributed by atoms with Gasteiger partial charge in [-0.25, -0.2) is 4.28 Å². The van der Waals surface area contributed by atoms with Crippen molar-refractivity contribution in [2.24, 2.45) is 5.16 Å². The van der Waals surface area contributed by atoms with Gasteiger partial charge < -0.3 is 30.3 Å². The van der Waals surface area contributed by atoms with Gasteiger partial charge >= 0.3 is 10.4 Å². The van der Waals surface area contributed by atoms with Gasteiger partial charge in [0.05, 0.1) is 6.61 Å². The van der Waals surface area contributed by atoms with E-state index in [9.17, 15) is 34.0 Å². The van der Waals surface area contributed by atoms with Crippen molar-refractivity contribution in [3.63, 3.8) is 0 Å².